The van der Waals surface area contributed by atoms with E-state index < -0.39 is 0 Å². The molecule has 0 aliphatic carbocycles. The molecule has 0 bridgehead atoms. The molecule has 11 heavy (non-hydrogen) atoms. The Kier molecular flexibility index (Phi) is 1.55. The third-order valence-corrected chi connectivity index (χ3v) is 2.09. The Bertz CT molecular complexity index is 332. The summed E-state index contributed by atoms with van der Waals surface area (Å²) in [5.74, 6) is 1.85. The Hall–Kier alpha value is -1.02. The minimum absolute atomic E-state index is 0.906. The van der Waals surface area contributed by atoms with Gasteiger partial charge in [-0.05, 0) is 30.5 Å². The van der Waals surface area contributed by atoms with E-state index in [9.17, 15) is 0 Å². The first-order valence-electron chi connectivity index (χ1n) is 3.38. The van der Waals surface area contributed by atoms with Gasteiger partial charge >= 0.3 is 0 Å². The zero-order valence-corrected chi connectivity index (χ0v) is 6.94. The lowest BCUT2D eigenvalue weighted by atomic mass is 10.3. The summed E-state index contributed by atoms with van der Waals surface area (Å²) in [4.78, 5) is 0. The molecular weight excluding hydrogens is 156 g/mol. The van der Waals surface area contributed by atoms with Gasteiger partial charge in [-0.3, -0.25) is 0 Å². The zero-order chi connectivity index (χ0) is 7.68. The molecule has 2 rings (SSSR count). The summed E-state index contributed by atoms with van der Waals surface area (Å²) in [6.07, 6.45) is 0. The van der Waals surface area contributed by atoms with Gasteiger partial charge in [-0.15, -0.1) is 11.3 Å². The van der Waals surface area contributed by atoms with Crippen LogP contribution < -0.4 is 0 Å². The summed E-state index contributed by atoms with van der Waals surface area (Å²) in [5, 5.41) is 5.11. The van der Waals surface area contributed by atoms with Crippen molar-refractivity contribution in [1.29, 1.82) is 0 Å². The lowest BCUT2D eigenvalue weighted by Crippen LogP contribution is -1.63. The number of thiophene rings is 1. The van der Waals surface area contributed by atoms with Crippen LogP contribution in [-0.4, -0.2) is 0 Å². The normalized spacial score (nSPS) is 10.3. The average molecular weight is 163 g/mol. The fourth-order valence-corrected chi connectivity index (χ4v) is 1.51. The van der Waals surface area contributed by atoms with Crippen LogP contribution in [0.4, 0.5) is 0 Å². The van der Waals surface area contributed by atoms with Crippen LogP contribution >= 0.6 is 11.3 Å². The fourth-order valence-electron chi connectivity index (χ4n) is 0.945. The van der Waals surface area contributed by atoms with Crippen LogP contribution in [0.2, 0.25) is 0 Å². The number of hydrogen-bond acceptors (Lipinski definition) is 2. The molecule has 0 atom stereocenters. The molecule has 1 radical (unpaired) electrons. The fraction of sp³-hybridized carbons (Fsp3) is 0.111. The quantitative estimate of drug-likeness (QED) is 0.629. The van der Waals surface area contributed by atoms with Crippen LogP contribution in [0.3, 0.4) is 0 Å². The molecule has 0 aliphatic heterocycles. The largest absolute Gasteiger partial charge is 0.461 e. The van der Waals surface area contributed by atoms with Crippen LogP contribution in [0.25, 0.3) is 11.3 Å². The van der Waals surface area contributed by atoms with E-state index in [1.54, 1.807) is 11.3 Å². The van der Waals surface area contributed by atoms with Gasteiger partial charge in [0.05, 0.1) is 5.38 Å². The molecule has 1 nitrogen and oxygen atoms in total. The molecule has 2 aromatic rings. The topological polar surface area (TPSA) is 13.1 Å². The van der Waals surface area contributed by atoms with Crippen molar-refractivity contribution >= 4 is 11.3 Å². The molecule has 0 amide bonds. The van der Waals surface area contributed by atoms with Crippen molar-refractivity contribution in [2.24, 2.45) is 0 Å². The van der Waals surface area contributed by atoms with Gasteiger partial charge in [0, 0.05) is 5.56 Å². The van der Waals surface area contributed by atoms with Crippen LogP contribution in [0.1, 0.15) is 5.76 Å². The molecule has 2 aromatic heterocycles. The first kappa shape index (κ1) is 6.68. The van der Waals surface area contributed by atoms with Gasteiger partial charge in [-0.1, -0.05) is 0 Å². The molecule has 0 aliphatic rings. The third kappa shape index (κ3) is 1.21. The van der Waals surface area contributed by atoms with E-state index >= 15 is 0 Å². The van der Waals surface area contributed by atoms with Crippen molar-refractivity contribution in [1.82, 2.24) is 0 Å². The maximum Gasteiger partial charge on any atom is 0.135 e. The number of hydrogen-bond donors (Lipinski definition) is 0. The summed E-state index contributed by atoms with van der Waals surface area (Å²) >= 11 is 1.56. The number of rotatable bonds is 1. The minimum Gasteiger partial charge on any atom is -0.461 e. The predicted molar refractivity (Wildman–Crippen MR) is 45.6 cm³/mol. The predicted octanol–water partition coefficient (Wildman–Crippen LogP) is 3.12. The number of furan rings is 1. The first-order valence-corrected chi connectivity index (χ1v) is 4.26. The third-order valence-electron chi connectivity index (χ3n) is 1.48. The Morgan fingerprint density at radius 2 is 2.27 bits per heavy atom. The van der Waals surface area contributed by atoms with E-state index in [1.807, 2.05) is 30.5 Å². The van der Waals surface area contributed by atoms with Gasteiger partial charge < -0.3 is 4.42 Å². The van der Waals surface area contributed by atoms with Gasteiger partial charge in [0.25, 0.3) is 0 Å². The van der Waals surface area contributed by atoms with Gasteiger partial charge in [0.15, 0.2) is 0 Å². The molecule has 0 spiro atoms. The molecular formula is C9H7OS. The van der Waals surface area contributed by atoms with Crippen molar-refractivity contribution in [2.45, 2.75) is 6.92 Å². The van der Waals surface area contributed by atoms with Crippen LogP contribution in [-0.2, 0) is 0 Å². The van der Waals surface area contributed by atoms with Crippen molar-refractivity contribution in [3.8, 4) is 11.3 Å². The molecule has 0 unspecified atom stereocenters. The molecule has 0 aromatic carbocycles. The van der Waals surface area contributed by atoms with E-state index in [0.717, 1.165) is 17.1 Å². The smallest absolute Gasteiger partial charge is 0.135 e. The summed E-state index contributed by atoms with van der Waals surface area (Å²) in [6, 6.07) is 5.93. The lowest BCUT2D eigenvalue weighted by Gasteiger charge is -1.86. The molecule has 0 saturated carbocycles. The van der Waals surface area contributed by atoms with Crippen LogP contribution in [0.15, 0.2) is 28.0 Å². The molecule has 0 N–H and O–H groups in total. The molecule has 2 heteroatoms. The highest BCUT2D eigenvalue weighted by atomic mass is 32.1. The van der Waals surface area contributed by atoms with Gasteiger partial charge in [-0.25, -0.2) is 0 Å². The van der Waals surface area contributed by atoms with Crippen molar-refractivity contribution in [3.05, 3.63) is 34.7 Å². The summed E-state index contributed by atoms with van der Waals surface area (Å²) in [7, 11) is 0. The summed E-state index contributed by atoms with van der Waals surface area (Å²) < 4.78 is 5.40. The Morgan fingerprint density at radius 1 is 1.36 bits per heavy atom. The van der Waals surface area contributed by atoms with Gasteiger partial charge in [-0.2, -0.15) is 0 Å². The Morgan fingerprint density at radius 3 is 2.82 bits per heavy atom. The van der Waals surface area contributed by atoms with Crippen LogP contribution in [0.5, 0.6) is 0 Å². The van der Waals surface area contributed by atoms with Crippen molar-refractivity contribution < 1.29 is 4.42 Å². The van der Waals surface area contributed by atoms with Gasteiger partial charge in [0.2, 0.25) is 0 Å². The van der Waals surface area contributed by atoms with E-state index in [1.165, 1.54) is 0 Å². The maximum absolute atomic E-state index is 5.40. The molecule has 55 valence electrons. The van der Waals surface area contributed by atoms with E-state index in [-0.39, 0.29) is 0 Å². The zero-order valence-electron chi connectivity index (χ0n) is 6.13. The van der Waals surface area contributed by atoms with Crippen molar-refractivity contribution in [3.63, 3.8) is 0 Å². The van der Waals surface area contributed by atoms with E-state index in [0.29, 0.717) is 0 Å². The van der Waals surface area contributed by atoms with Crippen LogP contribution in [0, 0.1) is 12.3 Å². The molecule has 2 heterocycles. The monoisotopic (exact) mass is 163 g/mol. The Balaban J connectivity index is 2.45. The maximum atomic E-state index is 5.40. The second-order valence-corrected chi connectivity index (χ2v) is 3.06. The van der Waals surface area contributed by atoms with Gasteiger partial charge in [0.1, 0.15) is 11.5 Å². The lowest BCUT2D eigenvalue weighted by molar-refractivity contribution is 0.548. The second-order valence-electron chi connectivity index (χ2n) is 2.35. The minimum atomic E-state index is 0.906. The van der Waals surface area contributed by atoms with Crippen molar-refractivity contribution in [2.75, 3.05) is 0 Å². The highest BCUT2D eigenvalue weighted by Gasteiger charge is 2.01. The summed E-state index contributed by atoms with van der Waals surface area (Å²) in [6.45, 7) is 1.94. The Labute approximate surface area is 69.3 Å². The first-order chi connectivity index (χ1) is 5.36. The number of aryl methyl sites for hydroxylation is 1. The van der Waals surface area contributed by atoms with E-state index in [2.05, 4.69) is 5.38 Å². The molecule has 0 fully saturated rings. The highest BCUT2D eigenvalue weighted by Crippen LogP contribution is 2.22. The highest BCUT2D eigenvalue weighted by molar-refractivity contribution is 7.07. The summed E-state index contributed by atoms with van der Waals surface area (Å²) in [5.41, 5.74) is 1.04. The second kappa shape index (κ2) is 2.55. The molecule has 0 saturated heterocycles. The standard InChI is InChI=1S/C9H7OS/c1-7-2-3-9(10-7)8-4-5-11-6-8/h2-5H,1H3. The SMILES string of the molecule is Cc1ccc(-c2[c]scc2)o1. The average Bonchev–Trinajstić information content (AvgIpc) is 2.55. The van der Waals surface area contributed by atoms with E-state index in [4.69, 9.17) is 4.42 Å².